The molecule has 0 aliphatic carbocycles. The highest BCUT2D eigenvalue weighted by atomic mass is 35.5. The number of hydrogen-bond donors (Lipinski definition) is 1. The van der Waals surface area contributed by atoms with E-state index >= 15 is 0 Å². The SMILES string of the molecule is Cc1cccnc1Cn1c(=O)[nH]c(Cl)c(C)c1=O. The zero-order chi connectivity index (χ0) is 13.3. The van der Waals surface area contributed by atoms with Gasteiger partial charge in [0.15, 0.2) is 0 Å². The van der Waals surface area contributed by atoms with Crippen molar-refractivity contribution >= 4 is 11.6 Å². The van der Waals surface area contributed by atoms with E-state index in [1.54, 1.807) is 19.2 Å². The fraction of sp³-hybridized carbons (Fsp3) is 0.250. The third kappa shape index (κ3) is 2.22. The molecular weight excluding hydrogens is 254 g/mol. The first-order valence-corrected chi connectivity index (χ1v) is 5.78. The van der Waals surface area contributed by atoms with Crippen LogP contribution >= 0.6 is 11.6 Å². The number of aromatic amines is 1. The third-order valence-electron chi connectivity index (χ3n) is 2.78. The second-order valence-electron chi connectivity index (χ2n) is 4.03. The maximum absolute atomic E-state index is 12.0. The molecule has 0 unspecified atom stereocenters. The number of halogens is 1. The summed E-state index contributed by atoms with van der Waals surface area (Å²) in [4.78, 5) is 30.3. The Hall–Kier alpha value is -1.88. The molecule has 0 fully saturated rings. The van der Waals surface area contributed by atoms with Crippen LogP contribution in [0.1, 0.15) is 16.8 Å². The van der Waals surface area contributed by atoms with E-state index in [1.807, 2.05) is 13.0 Å². The molecule has 0 saturated carbocycles. The van der Waals surface area contributed by atoms with Gasteiger partial charge in [0.05, 0.1) is 12.2 Å². The van der Waals surface area contributed by atoms with Gasteiger partial charge in [-0.2, -0.15) is 0 Å². The highest BCUT2D eigenvalue weighted by Gasteiger charge is 2.10. The van der Waals surface area contributed by atoms with Crippen molar-refractivity contribution in [2.75, 3.05) is 0 Å². The predicted molar refractivity (Wildman–Crippen MR) is 69.1 cm³/mol. The molecule has 0 radical (unpaired) electrons. The molecular formula is C12H12ClN3O2. The van der Waals surface area contributed by atoms with Crippen molar-refractivity contribution in [2.24, 2.45) is 0 Å². The van der Waals surface area contributed by atoms with Gasteiger partial charge in [-0.05, 0) is 25.5 Å². The quantitative estimate of drug-likeness (QED) is 0.831. The van der Waals surface area contributed by atoms with Crippen molar-refractivity contribution in [1.29, 1.82) is 0 Å². The summed E-state index contributed by atoms with van der Waals surface area (Å²) in [7, 11) is 0. The summed E-state index contributed by atoms with van der Waals surface area (Å²) in [5, 5.41) is 0.0824. The minimum Gasteiger partial charge on any atom is -0.297 e. The molecule has 6 heteroatoms. The van der Waals surface area contributed by atoms with Gasteiger partial charge in [0.2, 0.25) is 0 Å². The smallest absolute Gasteiger partial charge is 0.297 e. The van der Waals surface area contributed by atoms with Crippen LogP contribution in [-0.4, -0.2) is 14.5 Å². The minimum absolute atomic E-state index is 0.0824. The van der Waals surface area contributed by atoms with Crippen LogP contribution < -0.4 is 11.2 Å². The maximum atomic E-state index is 12.0. The number of pyridine rings is 1. The zero-order valence-corrected chi connectivity index (χ0v) is 10.8. The largest absolute Gasteiger partial charge is 0.329 e. The summed E-state index contributed by atoms with van der Waals surface area (Å²) in [6.45, 7) is 3.59. The fourth-order valence-corrected chi connectivity index (χ4v) is 1.78. The van der Waals surface area contributed by atoms with Crippen molar-refractivity contribution in [3.8, 4) is 0 Å². The van der Waals surface area contributed by atoms with Gasteiger partial charge in [0.25, 0.3) is 5.56 Å². The standard InChI is InChI=1S/C12H12ClN3O2/c1-7-4-3-5-14-9(7)6-16-11(17)8(2)10(13)15-12(16)18/h3-5H,6H2,1-2H3,(H,15,18). The number of nitrogens with one attached hydrogen (secondary N) is 1. The first kappa shape index (κ1) is 12.6. The molecule has 0 spiro atoms. The number of aromatic nitrogens is 3. The van der Waals surface area contributed by atoms with Crippen LogP contribution in [0, 0.1) is 13.8 Å². The van der Waals surface area contributed by atoms with Crippen LogP contribution in [0.2, 0.25) is 5.15 Å². The highest BCUT2D eigenvalue weighted by Crippen LogP contribution is 2.06. The molecule has 1 N–H and O–H groups in total. The van der Waals surface area contributed by atoms with E-state index < -0.39 is 11.2 Å². The summed E-state index contributed by atoms with van der Waals surface area (Å²) in [6.07, 6.45) is 1.63. The Balaban J connectivity index is 2.55. The Morgan fingerprint density at radius 2 is 2.11 bits per heavy atom. The lowest BCUT2D eigenvalue weighted by Gasteiger charge is -2.08. The summed E-state index contributed by atoms with van der Waals surface area (Å²) in [6, 6.07) is 3.68. The zero-order valence-electron chi connectivity index (χ0n) is 10.0. The normalized spacial score (nSPS) is 10.6. The number of aryl methyl sites for hydroxylation is 1. The van der Waals surface area contributed by atoms with E-state index in [9.17, 15) is 9.59 Å². The molecule has 94 valence electrons. The van der Waals surface area contributed by atoms with Crippen molar-refractivity contribution in [3.63, 3.8) is 0 Å². The van der Waals surface area contributed by atoms with Crippen LogP contribution in [0.5, 0.6) is 0 Å². The average Bonchev–Trinajstić information content (AvgIpc) is 2.34. The lowest BCUT2D eigenvalue weighted by Crippen LogP contribution is -2.37. The first-order valence-electron chi connectivity index (χ1n) is 5.40. The van der Waals surface area contributed by atoms with E-state index in [0.29, 0.717) is 11.3 Å². The van der Waals surface area contributed by atoms with Crippen molar-refractivity contribution < 1.29 is 0 Å². The third-order valence-corrected chi connectivity index (χ3v) is 3.16. The summed E-state index contributed by atoms with van der Waals surface area (Å²) in [5.74, 6) is 0. The van der Waals surface area contributed by atoms with Gasteiger partial charge in [0.1, 0.15) is 5.15 Å². The van der Waals surface area contributed by atoms with Crippen LogP contribution in [0.25, 0.3) is 0 Å². The second kappa shape index (κ2) is 4.78. The summed E-state index contributed by atoms with van der Waals surface area (Å²) in [5.41, 5.74) is 1.02. The molecule has 0 aliphatic rings. The number of H-pyrrole nitrogens is 1. The summed E-state index contributed by atoms with van der Waals surface area (Å²) >= 11 is 5.74. The van der Waals surface area contributed by atoms with E-state index in [1.165, 1.54) is 0 Å². The second-order valence-corrected chi connectivity index (χ2v) is 4.41. The monoisotopic (exact) mass is 265 g/mol. The van der Waals surface area contributed by atoms with Crippen molar-refractivity contribution in [2.45, 2.75) is 20.4 Å². The molecule has 2 aromatic rings. The van der Waals surface area contributed by atoms with Crippen LogP contribution in [0.3, 0.4) is 0 Å². The highest BCUT2D eigenvalue weighted by molar-refractivity contribution is 6.30. The average molecular weight is 266 g/mol. The van der Waals surface area contributed by atoms with Crippen LogP contribution in [-0.2, 0) is 6.54 Å². The lowest BCUT2D eigenvalue weighted by molar-refractivity contribution is 0.675. The number of nitrogens with zero attached hydrogens (tertiary/aromatic N) is 2. The Labute approximate surface area is 108 Å². The van der Waals surface area contributed by atoms with Gasteiger partial charge in [-0.3, -0.25) is 19.3 Å². The first-order chi connectivity index (χ1) is 8.50. The van der Waals surface area contributed by atoms with Gasteiger partial charge >= 0.3 is 5.69 Å². The minimum atomic E-state index is -0.527. The van der Waals surface area contributed by atoms with E-state index in [-0.39, 0.29) is 11.7 Å². The van der Waals surface area contributed by atoms with Crippen LogP contribution in [0.4, 0.5) is 0 Å². The van der Waals surface area contributed by atoms with Gasteiger partial charge in [0, 0.05) is 11.8 Å². The molecule has 0 bridgehead atoms. The molecule has 0 aliphatic heterocycles. The maximum Gasteiger partial charge on any atom is 0.329 e. The van der Waals surface area contributed by atoms with Crippen molar-refractivity contribution in [3.05, 3.63) is 61.1 Å². The molecule has 18 heavy (non-hydrogen) atoms. The molecule has 0 aromatic carbocycles. The summed E-state index contributed by atoms with van der Waals surface area (Å²) < 4.78 is 1.09. The molecule has 0 amide bonds. The number of rotatable bonds is 2. The number of hydrogen-bond acceptors (Lipinski definition) is 3. The molecule has 2 aromatic heterocycles. The van der Waals surface area contributed by atoms with E-state index in [0.717, 1.165) is 10.1 Å². The molecule has 2 heterocycles. The lowest BCUT2D eigenvalue weighted by atomic mass is 10.2. The molecule has 2 rings (SSSR count). The van der Waals surface area contributed by atoms with E-state index in [2.05, 4.69) is 9.97 Å². The predicted octanol–water partition coefficient (Wildman–Crippen LogP) is 1.25. The van der Waals surface area contributed by atoms with Gasteiger partial charge in [-0.15, -0.1) is 0 Å². The van der Waals surface area contributed by atoms with Gasteiger partial charge in [-0.1, -0.05) is 17.7 Å². The fourth-order valence-electron chi connectivity index (χ4n) is 1.62. The van der Waals surface area contributed by atoms with E-state index in [4.69, 9.17) is 11.6 Å². The van der Waals surface area contributed by atoms with Gasteiger partial charge < -0.3 is 0 Å². The van der Waals surface area contributed by atoms with Crippen LogP contribution in [0.15, 0.2) is 27.9 Å². The Morgan fingerprint density at radius 1 is 1.39 bits per heavy atom. The molecule has 0 saturated heterocycles. The Morgan fingerprint density at radius 3 is 2.78 bits per heavy atom. The Bertz CT molecular complexity index is 703. The Kier molecular flexibility index (Phi) is 3.34. The van der Waals surface area contributed by atoms with Gasteiger partial charge in [-0.25, -0.2) is 4.79 Å². The van der Waals surface area contributed by atoms with Crippen molar-refractivity contribution in [1.82, 2.24) is 14.5 Å². The topological polar surface area (TPSA) is 67.8 Å². The molecule has 5 nitrogen and oxygen atoms in total. The molecule has 0 atom stereocenters.